The van der Waals surface area contributed by atoms with E-state index in [1.165, 1.54) is 12.0 Å². The maximum Gasteiger partial charge on any atom is 0.244 e. The van der Waals surface area contributed by atoms with Crippen molar-refractivity contribution in [3.63, 3.8) is 0 Å². The lowest BCUT2D eigenvalue weighted by molar-refractivity contribution is -0.120. The number of nitrogens with zero attached hydrogens (tertiary/aromatic N) is 2. The molecule has 0 atom stereocenters. The van der Waals surface area contributed by atoms with Crippen LogP contribution in [0.15, 0.2) is 52.8 Å². The molecule has 33 heavy (non-hydrogen) atoms. The number of amides is 2. The third-order valence-electron chi connectivity index (χ3n) is 5.53. The lowest BCUT2D eigenvalue weighted by Crippen LogP contribution is -2.38. The summed E-state index contributed by atoms with van der Waals surface area (Å²) in [4.78, 5) is 33.5. The molecule has 3 aromatic rings. The van der Waals surface area contributed by atoms with E-state index >= 15 is 0 Å². The van der Waals surface area contributed by atoms with Crippen molar-refractivity contribution in [2.75, 3.05) is 31.0 Å². The lowest BCUT2D eigenvalue weighted by atomic mass is 10.1. The number of aliphatic imine (C=N–C) groups is 1. The highest BCUT2D eigenvalue weighted by atomic mass is 32.1. The van der Waals surface area contributed by atoms with Crippen LogP contribution in [0.3, 0.4) is 0 Å². The van der Waals surface area contributed by atoms with Crippen molar-refractivity contribution in [3.8, 4) is 11.5 Å². The van der Waals surface area contributed by atoms with Crippen molar-refractivity contribution in [3.05, 3.63) is 63.8 Å². The molecule has 2 amide bonds. The zero-order valence-electron chi connectivity index (χ0n) is 19.0. The SMILES string of the molecule is COc1ccc(NC(=O)CN2C(=O)CC(c3cccs3)=Nc3cc(C)c(C)cc32)cc1OC. The molecule has 0 fully saturated rings. The van der Waals surface area contributed by atoms with Crippen LogP contribution < -0.4 is 19.7 Å². The summed E-state index contributed by atoms with van der Waals surface area (Å²) < 4.78 is 10.5. The van der Waals surface area contributed by atoms with E-state index in [4.69, 9.17) is 14.5 Å². The van der Waals surface area contributed by atoms with Crippen LogP contribution in [0.25, 0.3) is 0 Å². The Kier molecular flexibility index (Phi) is 6.46. The molecule has 2 heterocycles. The third-order valence-corrected chi connectivity index (χ3v) is 6.45. The van der Waals surface area contributed by atoms with E-state index in [2.05, 4.69) is 5.32 Å². The number of ether oxygens (including phenoxy) is 2. The molecule has 0 saturated carbocycles. The first-order chi connectivity index (χ1) is 15.9. The second-order valence-electron chi connectivity index (χ2n) is 7.74. The molecule has 8 heteroatoms. The Morgan fingerprint density at radius 2 is 1.85 bits per heavy atom. The Morgan fingerprint density at radius 3 is 2.55 bits per heavy atom. The van der Waals surface area contributed by atoms with Crippen LogP contribution in [0.5, 0.6) is 11.5 Å². The average Bonchev–Trinajstić information content (AvgIpc) is 3.30. The number of methoxy groups -OCH3 is 2. The molecule has 0 radical (unpaired) electrons. The van der Waals surface area contributed by atoms with E-state index in [9.17, 15) is 9.59 Å². The number of aryl methyl sites for hydroxylation is 2. The summed E-state index contributed by atoms with van der Waals surface area (Å²) in [5.74, 6) is 0.578. The molecular formula is C25H25N3O4S. The molecule has 1 N–H and O–H groups in total. The minimum Gasteiger partial charge on any atom is -0.493 e. The van der Waals surface area contributed by atoms with Crippen molar-refractivity contribution in [2.45, 2.75) is 20.3 Å². The van der Waals surface area contributed by atoms with Gasteiger partial charge in [-0.3, -0.25) is 9.59 Å². The zero-order valence-corrected chi connectivity index (χ0v) is 19.8. The van der Waals surface area contributed by atoms with E-state index in [1.54, 1.807) is 36.6 Å². The summed E-state index contributed by atoms with van der Waals surface area (Å²) in [6, 6.07) is 12.9. The van der Waals surface area contributed by atoms with Gasteiger partial charge in [-0.2, -0.15) is 0 Å². The molecule has 4 rings (SSSR count). The molecule has 170 valence electrons. The second kappa shape index (κ2) is 9.46. The minimum absolute atomic E-state index is 0.122. The molecule has 0 unspecified atom stereocenters. The maximum absolute atomic E-state index is 13.3. The van der Waals surface area contributed by atoms with Gasteiger partial charge in [0.15, 0.2) is 11.5 Å². The van der Waals surface area contributed by atoms with Gasteiger partial charge in [-0.1, -0.05) is 6.07 Å². The fraction of sp³-hybridized carbons (Fsp3) is 0.240. The molecule has 0 saturated heterocycles. The largest absolute Gasteiger partial charge is 0.493 e. The number of thiophene rings is 1. The van der Waals surface area contributed by atoms with Crippen LogP contribution in [0, 0.1) is 13.8 Å². The van der Waals surface area contributed by atoms with E-state index in [0.29, 0.717) is 34.3 Å². The first-order valence-electron chi connectivity index (χ1n) is 10.4. The first-order valence-corrected chi connectivity index (χ1v) is 11.3. The Bertz CT molecular complexity index is 1230. The fourth-order valence-electron chi connectivity index (χ4n) is 3.67. The number of nitrogens with one attached hydrogen (secondary N) is 1. The monoisotopic (exact) mass is 463 g/mol. The maximum atomic E-state index is 13.3. The highest BCUT2D eigenvalue weighted by Gasteiger charge is 2.27. The zero-order chi connectivity index (χ0) is 23.5. The fourth-order valence-corrected chi connectivity index (χ4v) is 4.38. The topological polar surface area (TPSA) is 80.2 Å². The van der Waals surface area contributed by atoms with E-state index in [-0.39, 0.29) is 24.8 Å². The van der Waals surface area contributed by atoms with Crippen LogP contribution in [-0.4, -0.2) is 38.3 Å². The summed E-state index contributed by atoms with van der Waals surface area (Å²) in [5.41, 5.74) is 4.69. The second-order valence-corrected chi connectivity index (χ2v) is 8.68. The number of benzene rings is 2. The normalized spacial score (nSPS) is 13.2. The Hall–Kier alpha value is -3.65. The van der Waals surface area contributed by atoms with Crippen molar-refractivity contribution in [1.29, 1.82) is 0 Å². The Morgan fingerprint density at radius 1 is 1.09 bits per heavy atom. The van der Waals surface area contributed by atoms with Gasteiger partial charge >= 0.3 is 0 Å². The molecule has 0 bridgehead atoms. The number of hydrogen-bond acceptors (Lipinski definition) is 6. The van der Waals surface area contributed by atoms with Gasteiger partial charge in [0.2, 0.25) is 11.8 Å². The summed E-state index contributed by atoms with van der Waals surface area (Å²) in [6.45, 7) is 3.86. The van der Waals surface area contributed by atoms with Crippen LogP contribution in [0.1, 0.15) is 22.4 Å². The number of rotatable bonds is 6. The van der Waals surface area contributed by atoms with Gasteiger partial charge < -0.3 is 19.7 Å². The van der Waals surface area contributed by atoms with Crippen molar-refractivity contribution in [1.82, 2.24) is 0 Å². The first kappa shape index (κ1) is 22.5. The number of hydrogen-bond donors (Lipinski definition) is 1. The molecule has 7 nitrogen and oxygen atoms in total. The number of carbonyl (C=O) groups is 2. The smallest absolute Gasteiger partial charge is 0.244 e. The molecule has 2 aromatic carbocycles. The predicted molar refractivity (Wildman–Crippen MR) is 132 cm³/mol. The highest BCUT2D eigenvalue weighted by Crippen LogP contribution is 2.36. The number of carbonyl (C=O) groups excluding carboxylic acids is 2. The molecule has 1 aliphatic heterocycles. The number of anilines is 2. The van der Waals surface area contributed by atoms with Gasteiger partial charge in [0, 0.05) is 16.6 Å². The van der Waals surface area contributed by atoms with Gasteiger partial charge in [-0.15, -0.1) is 11.3 Å². The van der Waals surface area contributed by atoms with Crippen molar-refractivity contribution in [2.24, 2.45) is 4.99 Å². The van der Waals surface area contributed by atoms with E-state index in [1.807, 2.05) is 43.5 Å². The minimum atomic E-state index is -0.320. The summed E-state index contributed by atoms with van der Waals surface area (Å²) >= 11 is 1.54. The molecule has 1 aliphatic rings. The predicted octanol–water partition coefficient (Wildman–Crippen LogP) is 4.88. The third kappa shape index (κ3) is 4.75. The standard InChI is InChI=1S/C25H25N3O4S/c1-15-10-18-20(11-16(15)2)28(25(30)13-19(27-18)23-6-5-9-33-23)14-24(29)26-17-7-8-21(31-3)22(12-17)32-4/h5-12H,13-14H2,1-4H3,(H,26,29). The lowest BCUT2D eigenvalue weighted by Gasteiger charge is -2.23. The van der Waals surface area contributed by atoms with Gasteiger partial charge in [0.25, 0.3) is 0 Å². The van der Waals surface area contributed by atoms with Gasteiger partial charge in [-0.25, -0.2) is 4.99 Å². The quantitative estimate of drug-likeness (QED) is 0.565. The van der Waals surface area contributed by atoms with Crippen LogP contribution in [0.4, 0.5) is 17.1 Å². The van der Waals surface area contributed by atoms with Crippen molar-refractivity contribution < 1.29 is 19.1 Å². The Balaban J connectivity index is 1.63. The molecule has 0 aliphatic carbocycles. The van der Waals surface area contributed by atoms with Gasteiger partial charge in [-0.05, 0) is 60.7 Å². The molecule has 1 aromatic heterocycles. The van der Waals surface area contributed by atoms with E-state index in [0.717, 1.165) is 16.0 Å². The van der Waals surface area contributed by atoms with Crippen LogP contribution >= 0.6 is 11.3 Å². The highest BCUT2D eigenvalue weighted by molar-refractivity contribution is 7.12. The van der Waals surface area contributed by atoms with Gasteiger partial charge in [0.05, 0.1) is 37.7 Å². The Labute approximate surface area is 196 Å². The van der Waals surface area contributed by atoms with Crippen LogP contribution in [0.2, 0.25) is 0 Å². The van der Waals surface area contributed by atoms with Gasteiger partial charge in [0.1, 0.15) is 6.54 Å². The summed E-state index contributed by atoms with van der Waals surface area (Å²) in [5, 5.41) is 4.81. The summed E-state index contributed by atoms with van der Waals surface area (Å²) in [6.07, 6.45) is 0.122. The average molecular weight is 464 g/mol. The van der Waals surface area contributed by atoms with Crippen LogP contribution in [-0.2, 0) is 9.59 Å². The number of fused-ring (bicyclic) bond motifs is 1. The molecule has 0 spiro atoms. The van der Waals surface area contributed by atoms with Crippen molar-refractivity contribution >= 4 is 45.9 Å². The summed E-state index contributed by atoms with van der Waals surface area (Å²) in [7, 11) is 3.08. The van der Waals surface area contributed by atoms with E-state index < -0.39 is 0 Å². The molecular weight excluding hydrogens is 438 g/mol.